The predicted octanol–water partition coefficient (Wildman–Crippen LogP) is 0.615. The van der Waals surface area contributed by atoms with Gasteiger partial charge in [0.1, 0.15) is 12.0 Å². The summed E-state index contributed by atoms with van der Waals surface area (Å²) in [4.78, 5) is 15.1. The van der Waals surface area contributed by atoms with E-state index in [1.807, 2.05) is 18.2 Å². The quantitative estimate of drug-likeness (QED) is 0.744. The Bertz CT molecular complexity index is 611. The van der Waals surface area contributed by atoms with E-state index >= 15 is 0 Å². The van der Waals surface area contributed by atoms with Gasteiger partial charge in [0.25, 0.3) is 0 Å². The van der Waals surface area contributed by atoms with Gasteiger partial charge in [0.2, 0.25) is 5.91 Å². The van der Waals surface area contributed by atoms with Crippen molar-refractivity contribution in [1.29, 1.82) is 0 Å². The van der Waals surface area contributed by atoms with Crippen LogP contribution in [0.5, 0.6) is 0 Å². The minimum atomic E-state index is 0.00222. The van der Waals surface area contributed by atoms with E-state index in [4.69, 9.17) is 5.73 Å². The Kier molecular flexibility index (Phi) is 2.01. The lowest BCUT2D eigenvalue weighted by Crippen LogP contribution is -2.03. The first-order chi connectivity index (χ1) is 8.24. The molecule has 0 unspecified atom stereocenters. The van der Waals surface area contributed by atoms with E-state index in [1.165, 1.54) is 6.33 Å². The van der Waals surface area contributed by atoms with Crippen molar-refractivity contribution in [1.82, 2.24) is 15.2 Å². The number of aromatic nitrogens is 3. The normalized spacial score (nSPS) is 13.3. The van der Waals surface area contributed by atoms with E-state index in [0.717, 1.165) is 16.8 Å². The topological polar surface area (TPSA) is 93.8 Å². The lowest BCUT2D eigenvalue weighted by molar-refractivity contribution is -0.115. The van der Waals surface area contributed by atoms with Gasteiger partial charge in [-0.25, -0.2) is 4.98 Å². The second-order valence-corrected chi connectivity index (χ2v) is 3.79. The number of carbonyl (C=O) groups excluding carboxylic acids is 1. The van der Waals surface area contributed by atoms with Gasteiger partial charge in [-0.15, -0.1) is 10.2 Å². The van der Waals surface area contributed by atoms with Gasteiger partial charge in [0.05, 0.1) is 6.42 Å². The predicted molar refractivity (Wildman–Crippen MR) is 62.0 cm³/mol. The highest BCUT2D eigenvalue weighted by Crippen LogP contribution is 2.29. The van der Waals surface area contributed by atoms with Gasteiger partial charge in [0, 0.05) is 11.3 Å². The number of nitrogen functional groups attached to an aromatic ring is 1. The van der Waals surface area contributed by atoms with Crippen LogP contribution in [-0.4, -0.2) is 21.1 Å². The molecule has 1 aromatic carbocycles. The van der Waals surface area contributed by atoms with Crippen LogP contribution in [0.3, 0.4) is 0 Å². The molecular formula is C11H9N5O. The second-order valence-electron chi connectivity index (χ2n) is 3.79. The summed E-state index contributed by atoms with van der Waals surface area (Å²) in [6.07, 6.45) is 1.69. The maximum atomic E-state index is 11.2. The van der Waals surface area contributed by atoms with Crippen molar-refractivity contribution >= 4 is 17.4 Å². The third-order valence-corrected chi connectivity index (χ3v) is 2.65. The first kappa shape index (κ1) is 9.71. The highest BCUT2D eigenvalue weighted by molar-refractivity contribution is 5.99. The summed E-state index contributed by atoms with van der Waals surface area (Å²) in [5.41, 5.74) is 8.87. The molecule has 2 aromatic rings. The maximum absolute atomic E-state index is 11.2. The number of hydrogen-bond acceptors (Lipinski definition) is 5. The second kappa shape index (κ2) is 3.51. The number of hydrogen-bond donors (Lipinski definition) is 2. The first-order valence-electron chi connectivity index (χ1n) is 5.10. The summed E-state index contributed by atoms with van der Waals surface area (Å²) in [5, 5.41) is 10.4. The van der Waals surface area contributed by atoms with E-state index in [9.17, 15) is 4.79 Å². The van der Waals surface area contributed by atoms with E-state index < -0.39 is 0 Å². The highest BCUT2D eigenvalue weighted by atomic mass is 16.1. The average Bonchev–Trinajstić information content (AvgIpc) is 2.68. The Balaban J connectivity index is 2.09. The number of benzene rings is 1. The molecule has 6 heteroatoms. The molecular weight excluding hydrogens is 218 g/mol. The van der Waals surface area contributed by atoms with Crippen molar-refractivity contribution in [2.75, 3.05) is 11.1 Å². The standard InChI is InChI=1S/C11H9N5O/c12-11-10(16-14-5-13-11)6-1-2-8-7(3-6)4-9(17)15-8/h1-3,5H,4H2,(H,15,17)(H2,12,13,14). The molecule has 0 saturated heterocycles. The van der Waals surface area contributed by atoms with Gasteiger partial charge >= 0.3 is 0 Å². The van der Waals surface area contributed by atoms with E-state index in [0.29, 0.717) is 17.9 Å². The van der Waals surface area contributed by atoms with E-state index in [1.54, 1.807) is 0 Å². The summed E-state index contributed by atoms with van der Waals surface area (Å²) >= 11 is 0. The molecule has 0 aliphatic carbocycles. The smallest absolute Gasteiger partial charge is 0.228 e. The minimum Gasteiger partial charge on any atom is -0.382 e. The molecule has 3 rings (SSSR count). The third-order valence-electron chi connectivity index (χ3n) is 2.65. The van der Waals surface area contributed by atoms with Gasteiger partial charge in [0.15, 0.2) is 5.82 Å². The monoisotopic (exact) mass is 227 g/mol. The maximum Gasteiger partial charge on any atom is 0.228 e. The number of anilines is 2. The molecule has 1 aromatic heterocycles. The number of rotatable bonds is 1. The molecule has 0 spiro atoms. The Hall–Kier alpha value is -2.50. The number of amides is 1. The van der Waals surface area contributed by atoms with E-state index in [2.05, 4.69) is 20.5 Å². The lowest BCUT2D eigenvalue weighted by Gasteiger charge is -2.04. The zero-order valence-electron chi connectivity index (χ0n) is 8.84. The fourth-order valence-corrected chi connectivity index (χ4v) is 1.87. The van der Waals surface area contributed by atoms with Gasteiger partial charge in [-0.05, 0) is 17.7 Å². The minimum absolute atomic E-state index is 0.00222. The Morgan fingerprint density at radius 2 is 2.24 bits per heavy atom. The molecule has 0 saturated carbocycles. The fourth-order valence-electron chi connectivity index (χ4n) is 1.87. The van der Waals surface area contributed by atoms with Crippen molar-refractivity contribution in [3.8, 4) is 11.3 Å². The van der Waals surface area contributed by atoms with Gasteiger partial charge in [-0.1, -0.05) is 6.07 Å². The lowest BCUT2D eigenvalue weighted by atomic mass is 10.1. The molecule has 1 amide bonds. The first-order valence-corrected chi connectivity index (χ1v) is 5.10. The molecule has 17 heavy (non-hydrogen) atoms. The van der Waals surface area contributed by atoms with Crippen LogP contribution in [0.4, 0.5) is 11.5 Å². The number of nitrogens with two attached hydrogens (primary N) is 1. The van der Waals surface area contributed by atoms with Gasteiger partial charge < -0.3 is 11.1 Å². The van der Waals surface area contributed by atoms with Crippen LogP contribution < -0.4 is 11.1 Å². The number of nitrogens with one attached hydrogen (secondary N) is 1. The van der Waals surface area contributed by atoms with E-state index in [-0.39, 0.29) is 5.91 Å². The summed E-state index contributed by atoms with van der Waals surface area (Å²) in [7, 11) is 0. The van der Waals surface area contributed by atoms with Crippen LogP contribution in [0.15, 0.2) is 24.5 Å². The Labute approximate surface area is 96.9 Å². The van der Waals surface area contributed by atoms with Crippen LogP contribution in [0, 0.1) is 0 Å². The fraction of sp³-hybridized carbons (Fsp3) is 0.0909. The van der Waals surface area contributed by atoms with Crippen LogP contribution >= 0.6 is 0 Å². The number of carbonyl (C=O) groups is 1. The summed E-state index contributed by atoms with van der Waals surface area (Å²) in [5.74, 6) is 0.333. The molecule has 2 heterocycles. The molecule has 0 atom stereocenters. The molecule has 6 nitrogen and oxygen atoms in total. The van der Waals surface area contributed by atoms with Crippen molar-refractivity contribution in [3.05, 3.63) is 30.1 Å². The molecule has 84 valence electrons. The van der Waals surface area contributed by atoms with Crippen LogP contribution in [0.2, 0.25) is 0 Å². The molecule has 1 aliphatic rings. The Morgan fingerprint density at radius 1 is 1.35 bits per heavy atom. The van der Waals surface area contributed by atoms with Crippen LogP contribution in [-0.2, 0) is 11.2 Å². The highest BCUT2D eigenvalue weighted by Gasteiger charge is 2.18. The third kappa shape index (κ3) is 1.59. The number of fused-ring (bicyclic) bond motifs is 1. The Morgan fingerprint density at radius 3 is 3.06 bits per heavy atom. The van der Waals surface area contributed by atoms with Gasteiger partial charge in [-0.3, -0.25) is 4.79 Å². The summed E-state index contributed by atoms with van der Waals surface area (Å²) < 4.78 is 0. The number of nitrogens with zero attached hydrogens (tertiary/aromatic N) is 3. The molecule has 1 aliphatic heterocycles. The summed E-state index contributed by atoms with van der Waals surface area (Å²) in [6, 6.07) is 5.56. The summed E-state index contributed by atoms with van der Waals surface area (Å²) in [6.45, 7) is 0. The van der Waals surface area contributed by atoms with Crippen LogP contribution in [0.1, 0.15) is 5.56 Å². The average molecular weight is 227 g/mol. The zero-order chi connectivity index (χ0) is 11.8. The van der Waals surface area contributed by atoms with Gasteiger partial charge in [-0.2, -0.15) is 0 Å². The van der Waals surface area contributed by atoms with Crippen molar-refractivity contribution in [2.24, 2.45) is 0 Å². The largest absolute Gasteiger partial charge is 0.382 e. The molecule has 0 fully saturated rings. The van der Waals surface area contributed by atoms with Crippen molar-refractivity contribution in [3.63, 3.8) is 0 Å². The molecule has 0 radical (unpaired) electrons. The SMILES string of the molecule is Nc1ncnnc1-c1ccc2c(c1)CC(=O)N2. The zero-order valence-corrected chi connectivity index (χ0v) is 8.84. The molecule has 3 N–H and O–H groups in total. The van der Waals surface area contributed by atoms with Crippen molar-refractivity contribution in [2.45, 2.75) is 6.42 Å². The van der Waals surface area contributed by atoms with Crippen LogP contribution in [0.25, 0.3) is 11.3 Å². The molecule has 0 bridgehead atoms. The van der Waals surface area contributed by atoms with Crippen molar-refractivity contribution < 1.29 is 4.79 Å².